The van der Waals surface area contributed by atoms with Gasteiger partial charge in [0.05, 0.1) is 19.5 Å². The van der Waals surface area contributed by atoms with Crippen LogP contribution in [0.15, 0.2) is 49.0 Å². The molecule has 4 aromatic rings. The Hall–Kier alpha value is -3.65. The SMILES string of the molecule is Cc1ccc(COP(=O)(COCCn2cnc3c(=O)[nH]c(N)nc32)OCc2oc(=O)oc2C2CCC(F)(F)C2)cc1. The summed E-state index contributed by atoms with van der Waals surface area (Å²) in [5.74, 6) is -4.93. The van der Waals surface area contributed by atoms with Crippen molar-refractivity contribution >= 4 is 24.7 Å². The number of rotatable bonds is 12. The minimum absolute atomic E-state index is 0.00425. The van der Waals surface area contributed by atoms with E-state index in [0.717, 1.165) is 11.1 Å². The minimum Gasteiger partial charge on any atom is -0.395 e. The van der Waals surface area contributed by atoms with Crippen molar-refractivity contribution in [3.05, 3.63) is 74.2 Å². The fourth-order valence-corrected chi connectivity index (χ4v) is 5.74. The van der Waals surface area contributed by atoms with Gasteiger partial charge < -0.3 is 28.4 Å². The number of aryl methyl sites for hydroxylation is 1. The first kappa shape index (κ1) is 28.9. The van der Waals surface area contributed by atoms with Crippen molar-refractivity contribution in [2.45, 2.75) is 57.8 Å². The highest BCUT2D eigenvalue weighted by atomic mass is 31.2. The number of nitrogens with one attached hydrogen (secondary N) is 1. The molecule has 1 aliphatic carbocycles. The van der Waals surface area contributed by atoms with E-state index in [2.05, 4.69) is 15.0 Å². The van der Waals surface area contributed by atoms with Gasteiger partial charge in [0.25, 0.3) is 5.56 Å². The van der Waals surface area contributed by atoms with Gasteiger partial charge in [0.1, 0.15) is 13.0 Å². The largest absolute Gasteiger partial charge is 0.519 e. The van der Waals surface area contributed by atoms with E-state index in [-0.39, 0.29) is 61.2 Å². The standard InChI is InChI=1S/C25H28F2N5O8P/c1-15-2-4-16(5-3-15)11-37-41(35,14-36-9-8-32-13-29-19-21(32)30-23(28)31-22(19)33)38-12-18-20(40-24(34)39-18)17-6-7-25(26,27)10-17/h2-5,13,17H,6-12,14H2,1H3,(H3,28,30,31,33). The molecule has 0 bridgehead atoms. The van der Waals surface area contributed by atoms with E-state index in [1.54, 1.807) is 16.7 Å². The zero-order valence-corrected chi connectivity index (χ0v) is 22.9. The molecule has 41 heavy (non-hydrogen) atoms. The molecule has 0 amide bonds. The number of benzene rings is 1. The van der Waals surface area contributed by atoms with Gasteiger partial charge in [0.15, 0.2) is 22.7 Å². The number of halogens is 2. The molecular weight excluding hydrogens is 567 g/mol. The molecule has 0 saturated heterocycles. The van der Waals surface area contributed by atoms with Crippen LogP contribution in [0.1, 0.15) is 47.8 Å². The Balaban J connectivity index is 1.26. The van der Waals surface area contributed by atoms with Crippen LogP contribution in [-0.2, 0) is 38.1 Å². The number of aromatic amines is 1. The van der Waals surface area contributed by atoms with E-state index in [1.807, 2.05) is 19.1 Å². The molecule has 1 aliphatic rings. The number of aromatic nitrogens is 4. The predicted molar refractivity (Wildman–Crippen MR) is 141 cm³/mol. The van der Waals surface area contributed by atoms with Crippen molar-refractivity contribution in [2.75, 3.05) is 18.7 Å². The Kier molecular flexibility index (Phi) is 8.23. The summed E-state index contributed by atoms with van der Waals surface area (Å²) < 4.78 is 69.8. The van der Waals surface area contributed by atoms with E-state index in [9.17, 15) is 22.9 Å². The molecule has 2 unspecified atom stereocenters. The highest BCUT2D eigenvalue weighted by Gasteiger charge is 2.43. The highest BCUT2D eigenvalue weighted by molar-refractivity contribution is 7.53. The van der Waals surface area contributed by atoms with Crippen molar-refractivity contribution < 1.29 is 36.0 Å². The van der Waals surface area contributed by atoms with Crippen LogP contribution in [0.5, 0.6) is 0 Å². The quantitative estimate of drug-likeness (QED) is 0.178. The molecule has 1 saturated carbocycles. The van der Waals surface area contributed by atoms with Gasteiger partial charge in [-0.1, -0.05) is 29.8 Å². The molecule has 13 nitrogen and oxygen atoms in total. The summed E-state index contributed by atoms with van der Waals surface area (Å²) in [6, 6.07) is 7.34. The van der Waals surface area contributed by atoms with Crippen molar-refractivity contribution in [1.29, 1.82) is 0 Å². The van der Waals surface area contributed by atoms with E-state index in [4.69, 9.17) is 28.4 Å². The lowest BCUT2D eigenvalue weighted by atomic mass is 10.0. The lowest BCUT2D eigenvalue weighted by molar-refractivity contribution is 0.00709. The molecule has 1 fully saturated rings. The second-order valence-corrected chi connectivity index (χ2v) is 11.8. The molecule has 5 rings (SSSR count). The van der Waals surface area contributed by atoms with Crippen LogP contribution in [0, 0.1) is 6.92 Å². The van der Waals surface area contributed by atoms with Gasteiger partial charge in [-0.15, -0.1) is 0 Å². The van der Waals surface area contributed by atoms with E-state index >= 15 is 0 Å². The maximum absolute atomic E-state index is 13.8. The van der Waals surface area contributed by atoms with Gasteiger partial charge in [0, 0.05) is 25.3 Å². The molecule has 0 radical (unpaired) electrons. The molecule has 3 aromatic heterocycles. The van der Waals surface area contributed by atoms with Gasteiger partial charge >= 0.3 is 13.4 Å². The first-order chi connectivity index (χ1) is 19.5. The van der Waals surface area contributed by atoms with Crippen LogP contribution in [0.3, 0.4) is 0 Å². The molecule has 1 aromatic carbocycles. The maximum Gasteiger partial charge on any atom is 0.519 e. The Morgan fingerprint density at radius 1 is 1.20 bits per heavy atom. The smallest absolute Gasteiger partial charge is 0.395 e. The van der Waals surface area contributed by atoms with Crippen LogP contribution in [0.25, 0.3) is 11.2 Å². The van der Waals surface area contributed by atoms with Crippen molar-refractivity contribution in [3.8, 4) is 0 Å². The lowest BCUT2D eigenvalue weighted by Gasteiger charge is -2.19. The monoisotopic (exact) mass is 595 g/mol. The average Bonchev–Trinajstić information content (AvgIpc) is 3.61. The van der Waals surface area contributed by atoms with Crippen molar-refractivity contribution in [3.63, 3.8) is 0 Å². The van der Waals surface area contributed by atoms with Crippen LogP contribution >= 0.6 is 7.60 Å². The zero-order chi connectivity index (χ0) is 29.2. The number of H-pyrrole nitrogens is 1. The molecule has 220 valence electrons. The number of imidazole rings is 1. The summed E-state index contributed by atoms with van der Waals surface area (Å²) in [4.78, 5) is 34.3. The van der Waals surface area contributed by atoms with Crippen LogP contribution in [0.2, 0.25) is 0 Å². The number of anilines is 1. The third-order valence-corrected chi connectivity index (χ3v) is 8.15. The molecular formula is C25H28F2N5O8P. The number of fused-ring (bicyclic) bond motifs is 1. The topological polar surface area (TPSA) is 178 Å². The van der Waals surface area contributed by atoms with Crippen LogP contribution < -0.4 is 17.1 Å². The summed E-state index contributed by atoms with van der Waals surface area (Å²) >= 11 is 0. The Labute approximate surface area is 231 Å². The summed E-state index contributed by atoms with van der Waals surface area (Å²) in [6.07, 6.45) is 0.168. The Morgan fingerprint density at radius 2 is 1.95 bits per heavy atom. The fourth-order valence-electron chi connectivity index (χ4n) is 4.50. The summed E-state index contributed by atoms with van der Waals surface area (Å²) in [6.45, 7) is 1.52. The third-order valence-electron chi connectivity index (χ3n) is 6.61. The number of nitrogens with zero attached hydrogens (tertiary/aromatic N) is 3. The first-order valence-corrected chi connectivity index (χ1v) is 14.5. The average molecular weight is 595 g/mol. The zero-order valence-electron chi connectivity index (χ0n) is 22.0. The van der Waals surface area contributed by atoms with Gasteiger partial charge in [-0.3, -0.25) is 18.9 Å². The summed E-state index contributed by atoms with van der Waals surface area (Å²) in [7, 11) is -3.99. The molecule has 0 aliphatic heterocycles. The van der Waals surface area contributed by atoms with Crippen LogP contribution in [-0.4, -0.2) is 38.4 Å². The molecule has 2 atom stereocenters. The van der Waals surface area contributed by atoms with Gasteiger partial charge in [-0.25, -0.2) is 18.6 Å². The molecule has 0 spiro atoms. The third kappa shape index (κ3) is 6.99. The second kappa shape index (κ2) is 11.7. The number of alkyl halides is 2. The lowest BCUT2D eigenvalue weighted by Crippen LogP contribution is -2.13. The Morgan fingerprint density at radius 3 is 2.68 bits per heavy atom. The number of ether oxygens (including phenoxy) is 1. The van der Waals surface area contributed by atoms with E-state index in [0.29, 0.717) is 0 Å². The Bertz CT molecular complexity index is 1680. The first-order valence-electron chi connectivity index (χ1n) is 12.7. The minimum atomic E-state index is -3.99. The number of hydrogen-bond acceptors (Lipinski definition) is 11. The van der Waals surface area contributed by atoms with E-state index in [1.165, 1.54) is 6.33 Å². The highest BCUT2D eigenvalue weighted by Crippen LogP contribution is 2.51. The van der Waals surface area contributed by atoms with E-state index < -0.39 is 50.2 Å². The summed E-state index contributed by atoms with van der Waals surface area (Å²) in [5, 5.41) is 0. The number of hydrogen-bond donors (Lipinski definition) is 2. The van der Waals surface area contributed by atoms with Gasteiger partial charge in [-0.05, 0) is 18.9 Å². The number of nitrogens with two attached hydrogens (primary N) is 1. The number of nitrogen functional groups attached to an aromatic ring is 1. The van der Waals surface area contributed by atoms with Gasteiger partial charge in [-0.2, -0.15) is 4.98 Å². The summed E-state index contributed by atoms with van der Waals surface area (Å²) in [5.41, 5.74) is 7.25. The fraction of sp³-hybridized carbons (Fsp3) is 0.440. The molecule has 3 N–H and O–H groups in total. The van der Waals surface area contributed by atoms with Crippen molar-refractivity contribution in [2.24, 2.45) is 0 Å². The van der Waals surface area contributed by atoms with Crippen molar-refractivity contribution in [1.82, 2.24) is 19.5 Å². The second-order valence-electron chi connectivity index (χ2n) is 9.78. The predicted octanol–water partition coefficient (Wildman–Crippen LogP) is 4.06. The van der Waals surface area contributed by atoms with Crippen LogP contribution in [0.4, 0.5) is 14.7 Å². The maximum atomic E-state index is 13.8. The van der Waals surface area contributed by atoms with Gasteiger partial charge in [0.2, 0.25) is 11.9 Å². The normalized spacial score (nSPS) is 18.2. The molecule has 3 heterocycles. The molecule has 16 heteroatoms.